The monoisotopic (exact) mass is 323 g/mol. The van der Waals surface area contributed by atoms with Gasteiger partial charge >= 0.3 is 12.4 Å². The summed E-state index contributed by atoms with van der Waals surface area (Å²) in [5.74, 6) is -0.188. The first-order chi connectivity index (χ1) is 9.42. The van der Waals surface area contributed by atoms with Crippen LogP contribution in [0.1, 0.15) is 26.7 Å². The van der Waals surface area contributed by atoms with Gasteiger partial charge in [-0.1, -0.05) is 13.8 Å². The van der Waals surface area contributed by atoms with Crippen molar-refractivity contribution in [1.29, 1.82) is 0 Å². The molecule has 0 heterocycles. The van der Waals surface area contributed by atoms with Crippen LogP contribution < -0.4 is 5.32 Å². The zero-order chi connectivity index (χ0) is 16.5. The topological polar surface area (TPSA) is 41.5 Å². The fourth-order valence-electron chi connectivity index (χ4n) is 2.32. The van der Waals surface area contributed by atoms with Gasteiger partial charge in [0.2, 0.25) is 6.10 Å². The maximum atomic E-state index is 12.4. The summed E-state index contributed by atoms with van der Waals surface area (Å²) in [6.45, 7) is 1.95. The van der Waals surface area contributed by atoms with Gasteiger partial charge in [-0.15, -0.1) is 0 Å². The molecule has 0 saturated heterocycles. The lowest BCUT2D eigenvalue weighted by molar-refractivity contribution is -0.325. The van der Waals surface area contributed by atoms with Crippen LogP contribution in [0.4, 0.5) is 26.3 Å². The minimum absolute atomic E-state index is 0.188. The highest BCUT2D eigenvalue weighted by Gasteiger charge is 2.59. The molecular weight excluding hydrogens is 304 g/mol. The standard InChI is InChI=1S/C12H19F6NO2/c1-7(2)19-10(5-20,8-3-4-8)6-21-9(11(13,14)15)12(16,17)18/h7-9,19-20H,3-6H2,1-2H3. The third kappa shape index (κ3) is 5.00. The Balaban J connectivity index is 2.83. The molecule has 1 aliphatic carbocycles. The smallest absolute Gasteiger partial charge is 0.394 e. The van der Waals surface area contributed by atoms with Crippen molar-refractivity contribution in [3.8, 4) is 0 Å². The minimum Gasteiger partial charge on any atom is -0.394 e. The second kappa shape index (κ2) is 6.29. The summed E-state index contributed by atoms with van der Waals surface area (Å²) in [4.78, 5) is 0. The molecule has 0 aliphatic heterocycles. The van der Waals surface area contributed by atoms with E-state index in [0.717, 1.165) is 0 Å². The largest absolute Gasteiger partial charge is 0.423 e. The van der Waals surface area contributed by atoms with Crippen LogP contribution in [0.2, 0.25) is 0 Å². The van der Waals surface area contributed by atoms with E-state index in [-0.39, 0.29) is 12.0 Å². The Bertz CT molecular complexity index is 326. The molecule has 0 bridgehead atoms. The minimum atomic E-state index is -5.54. The molecule has 0 amide bonds. The molecule has 0 radical (unpaired) electrons. The molecule has 126 valence electrons. The first-order valence-corrected chi connectivity index (χ1v) is 6.56. The first-order valence-electron chi connectivity index (χ1n) is 6.56. The molecule has 1 aliphatic rings. The highest BCUT2D eigenvalue weighted by atomic mass is 19.4. The van der Waals surface area contributed by atoms with Crippen molar-refractivity contribution in [3.05, 3.63) is 0 Å². The van der Waals surface area contributed by atoms with Gasteiger partial charge in [0.05, 0.1) is 18.8 Å². The Morgan fingerprint density at radius 1 is 1.10 bits per heavy atom. The van der Waals surface area contributed by atoms with Crippen LogP contribution in [0.15, 0.2) is 0 Å². The average Bonchev–Trinajstić information content (AvgIpc) is 3.07. The summed E-state index contributed by atoms with van der Waals surface area (Å²) in [5, 5.41) is 12.3. The van der Waals surface area contributed by atoms with Gasteiger partial charge in [0.25, 0.3) is 0 Å². The summed E-state index contributed by atoms with van der Waals surface area (Å²) in [5.41, 5.74) is -1.27. The molecule has 2 N–H and O–H groups in total. The van der Waals surface area contributed by atoms with Crippen LogP contribution in [0.25, 0.3) is 0 Å². The molecule has 1 rings (SSSR count). The molecule has 1 fully saturated rings. The van der Waals surface area contributed by atoms with E-state index in [9.17, 15) is 31.4 Å². The molecular formula is C12H19F6NO2. The van der Waals surface area contributed by atoms with Gasteiger partial charge in [-0.2, -0.15) is 26.3 Å². The van der Waals surface area contributed by atoms with Crippen molar-refractivity contribution in [3.63, 3.8) is 0 Å². The zero-order valence-electron chi connectivity index (χ0n) is 11.7. The molecule has 0 spiro atoms. The van der Waals surface area contributed by atoms with Crippen molar-refractivity contribution >= 4 is 0 Å². The van der Waals surface area contributed by atoms with Gasteiger partial charge in [0, 0.05) is 6.04 Å². The lowest BCUT2D eigenvalue weighted by Crippen LogP contribution is -2.58. The number of alkyl halides is 6. The Hall–Kier alpha value is -0.540. The highest BCUT2D eigenvalue weighted by molar-refractivity contribution is 5.02. The number of aliphatic hydroxyl groups is 1. The quantitative estimate of drug-likeness (QED) is 0.708. The van der Waals surface area contributed by atoms with Gasteiger partial charge in [-0.05, 0) is 18.8 Å². The third-order valence-corrected chi connectivity index (χ3v) is 3.32. The molecule has 1 saturated carbocycles. The Labute approximate surface area is 118 Å². The Morgan fingerprint density at radius 3 is 1.86 bits per heavy atom. The molecule has 3 nitrogen and oxygen atoms in total. The molecule has 1 unspecified atom stereocenters. The van der Waals surface area contributed by atoms with Gasteiger partial charge in [0.15, 0.2) is 0 Å². The van der Waals surface area contributed by atoms with Gasteiger partial charge in [-0.3, -0.25) is 0 Å². The Morgan fingerprint density at radius 2 is 1.57 bits per heavy atom. The third-order valence-electron chi connectivity index (χ3n) is 3.32. The number of nitrogens with one attached hydrogen (secondary N) is 1. The molecule has 21 heavy (non-hydrogen) atoms. The second-order valence-corrected chi connectivity index (χ2v) is 5.66. The van der Waals surface area contributed by atoms with Crippen molar-refractivity contribution < 1.29 is 36.2 Å². The summed E-state index contributed by atoms with van der Waals surface area (Å²) in [6, 6.07) is -0.212. The number of rotatable bonds is 7. The van der Waals surface area contributed by atoms with Crippen molar-refractivity contribution in [2.75, 3.05) is 13.2 Å². The van der Waals surface area contributed by atoms with Crippen molar-refractivity contribution in [1.82, 2.24) is 5.32 Å². The SMILES string of the molecule is CC(C)NC(CO)(COC(C(F)(F)F)C(F)(F)F)C1CC1. The highest BCUT2D eigenvalue weighted by Crippen LogP contribution is 2.42. The molecule has 9 heteroatoms. The lowest BCUT2D eigenvalue weighted by Gasteiger charge is -2.37. The van der Waals surface area contributed by atoms with E-state index in [1.54, 1.807) is 13.8 Å². The van der Waals surface area contributed by atoms with Gasteiger partial charge < -0.3 is 15.2 Å². The fourth-order valence-corrected chi connectivity index (χ4v) is 2.32. The number of aliphatic hydroxyl groups excluding tert-OH is 1. The van der Waals surface area contributed by atoms with Crippen LogP contribution in [-0.4, -0.2) is 48.4 Å². The lowest BCUT2D eigenvalue weighted by atomic mass is 9.94. The van der Waals surface area contributed by atoms with E-state index in [1.807, 2.05) is 0 Å². The van der Waals surface area contributed by atoms with Gasteiger partial charge in [0.1, 0.15) is 0 Å². The second-order valence-electron chi connectivity index (χ2n) is 5.66. The average molecular weight is 323 g/mol. The van der Waals surface area contributed by atoms with Crippen molar-refractivity contribution in [2.24, 2.45) is 5.92 Å². The van der Waals surface area contributed by atoms with Gasteiger partial charge in [-0.25, -0.2) is 0 Å². The first kappa shape index (κ1) is 18.5. The van der Waals surface area contributed by atoms with E-state index < -0.39 is 37.2 Å². The van der Waals surface area contributed by atoms with E-state index in [4.69, 9.17) is 0 Å². The number of halogens is 6. The summed E-state index contributed by atoms with van der Waals surface area (Å²) in [7, 11) is 0. The normalized spacial score (nSPS) is 20.1. The van der Waals surface area contributed by atoms with Crippen molar-refractivity contribution in [2.45, 2.75) is 56.7 Å². The van der Waals surface area contributed by atoms with E-state index in [0.29, 0.717) is 12.8 Å². The maximum absolute atomic E-state index is 12.4. The van der Waals surface area contributed by atoms with E-state index >= 15 is 0 Å². The van der Waals surface area contributed by atoms with E-state index in [2.05, 4.69) is 10.1 Å². The summed E-state index contributed by atoms with van der Waals surface area (Å²) in [6.07, 6.45) is -13.7. The molecule has 1 atom stereocenters. The predicted octanol–water partition coefficient (Wildman–Crippen LogP) is 2.64. The predicted molar refractivity (Wildman–Crippen MR) is 62.7 cm³/mol. The maximum Gasteiger partial charge on any atom is 0.423 e. The molecule has 0 aromatic carbocycles. The van der Waals surface area contributed by atoms with Crippen LogP contribution in [0, 0.1) is 5.92 Å². The molecule has 0 aromatic heterocycles. The van der Waals surface area contributed by atoms with Crippen LogP contribution >= 0.6 is 0 Å². The van der Waals surface area contributed by atoms with Crippen LogP contribution in [-0.2, 0) is 4.74 Å². The summed E-state index contributed by atoms with van der Waals surface area (Å²) >= 11 is 0. The zero-order valence-corrected chi connectivity index (χ0v) is 11.7. The molecule has 0 aromatic rings. The fraction of sp³-hybridized carbons (Fsp3) is 1.00. The number of hydrogen-bond donors (Lipinski definition) is 2. The number of hydrogen-bond acceptors (Lipinski definition) is 3. The Kier molecular flexibility index (Phi) is 5.55. The number of ether oxygens (including phenoxy) is 1. The van der Waals surface area contributed by atoms with Crippen LogP contribution in [0.3, 0.4) is 0 Å². The van der Waals surface area contributed by atoms with Crippen LogP contribution in [0.5, 0.6) is 0 Å². The van der Waals surface area contributed by atoms with E-state index in [1.165, 1.54) is 0 Å². The summed E-state index contributed by atoms with van der Waals surface area (Å²) < 4.78 is 78.8.